The zero-order chi connectivity index (χ0) is 10.4. The van der Waals surface area contributed by atoms with E-state index in [0.29, 0.717) is 5.82 Å². The van der Waals surface area contributed by atoms with Crippen LogP contribution in [0.5, 0.6) is 0 Å². The number of nitrogens with one attached hydrogen (secondary N) is 1. The molecule has 0 aromatic carbocycles. The Bertz CT molecular complexity index is 465. The molecule has 1 fully saturated rings. The summed E-state index contributed by atoms with van der Waals surface area (Å²) in [5, 5.41) is 6.95. The highest BCUT2D eigenvalue weighted by molar-refractivity contribution is 5.67. The van der Waals surface area contributed by atoms with Crippen molar-refractivity contribution in [3.63, 3.8) is 0 Å². The van der Waals surface area contributed by atoms with Gasteiger partial charge in [-0.25, -0.2) is 13.5 Å². The van der Waals surface area contributed by atoms with Crippen LogP contribution in [0.1, 0.15) is 12.8 Å². The molecule has 15 heavy (non-hydrogen) atoms. The van der Waals surface area contributed by atoms with Gasteiger partial charge in [-0.15, -0.1) is 0 Å². The van der Waals surface area contributed by atoms with Crippen molar-refractivity contribution in [3.8, 4) is 0 Å². The van der Waals surface area contributed by atoms with Crippen LogP contribution >= 0.6 is 0 Å². The lowest BCUT2D eigenvalue weighted by Gasteiger charge is -2.19. The van der Waals surface area contributed by atoms with Gasteiger partial charge in [0.05, 0.1) is 6.20 Å². The number of hydrogen-bond donors (Lipinski definition) is 1. The van der Waals surface area contributed by atoms with E-state index in [1.807, 2.05) is 0 Å². The quantitative estimate of drug-likeness (QED) is 0.769. The highest BCUT2D eigenvalue weighted by atomic mass is 19.3. The monoisotopic (exact) mass is 209 g/mol. The number of anilines is 1. The van der Waals surface area contributed by atoms with Crippen LogP contribution in [0.4, 0.5) is 14.6 Å². The topological polar surface area (TPSA) is 29.9 Å². The van der Waals surface area contributed by atoms with E-state index in [-0.39, 0.29) is 5.70 Å². The van der Waals surface area contributed by atoms with Gasteiger partial charge >= 0.3 is 0 Å². The lowest BCUT2D eigenvalue weighted by Crippen LogP contribution is -2.17. The van der Waals surface area contributed by atoms with Crippen molar-refractivity contribution < 1.29 is 8.78 Å². The van der Waals surface area contributed by atoms with Crippen LogP contribution in [0.15, 0.2) is 29.6 Å². The Labute approximate surface area is 85.1 Å². The van der Waals surface area contributed by atoms with E-state index in [1.54, 1.807) is 6.07 Å². The largest absolute Gasteiger partial charge is 0.340 e. The molecule has 78 valence electrons. The van der Waals surface area contributed by atoms with Crippen LogP contribution in [-0.2, 0) is 0 Å². The van der Waals surface area contributed by atoms with Gasteiger partial charge in [0.1, 0.15) is 11.5 Å². The van der Waals surface area contributed by atoms with Crippen LogP contribution in [0.3, 0.4) is 0 Å². The highest BCUT2D eigenvalue weighted by Crippen LogP contribution is 2.36. The van der Waals surface area contributed by atoms with Crippen molar-refractivity contribution in [2.45, 2.75) is 19.3 Å². The summed E-state index contributed by atoms with van der Waals surface area (Å²) in [6.07, 6.45) is 2.51. The minimum absolute atomic E-state index is 0.0526. The number of rotatable bonds is 1. The van der Waals surface area contributed by atoms with Crippen LogP contribution in [0, 0.1) is 0 Å². The lowest BCUT2D eigenvalue weighted by atomic mass is 10.2. The molecule has 2 aliphatic rings. The molecule has 0 radical (unpaired) electrons. The number of alkyl halides is 2. The first-order valence-electron chi connectivity index (χ1n) is 4.79. The second kappa shape index (κ2) is 2.92. The number of nitrogens with zero attached hydrogens (tertiary/aromatic N) is 2. The van der Waals surface area contributed by atoms with E-state index in [2.05, 4.69) is 10.4 Å². The van der Waals surface area contributed by atoms with Gasteiger partial charge in [-0.2, -0.15) is 5.10 Å². The van der Waals surface area contributed by atoms with Gasteiger partial charge in [0, 0.05) is 11.8 Å². The van der Waals surface area contributed by atoms with Crippen LogP contribution in [0.25, 0.3) is 5.70 Å². The predicted octanol–water partition coefficient (Wildman–Crippen LogP) is 2.46. The van der Waals surface area contributed by atoms with Gasteiger partial charge in [-0.1, -0.05) is 0 Å². The fraction of sp³-hybridized carbons (Fsp3) is 0.300. The SMILES string of the molecule is FC(F)C1=CC(=C2CC2)Nc2ccnn21. The number of halogens is 2. The zero-order valence-electron chi connectivity index (χ0n) is 7.87. The normalized spacial score (nSPS) is 18.7. The first-order valence-corrected chi connectivity index (χ1v) is 4.79. The molecule has 5 heteroatoms. The molecular formula is C10H9F2N3. The van der Waals surface area contributed by atoms with Crippen LogP contribution in [-0.4, -0.2) is 16.2 Å². The van der Waals surface area contributed by atoms with Crippen molar-refractivity contribution in [1.29, 1.82) is 0 Å². The first kappa shape index (κ1) is 8.64. The van der Waals surface area contributed by atoms with E-state index < -0.39 is 6.43 Å². The summed E-state index contributed by atoms with van der Waals surface area (Å²) in [4.78, 5) is 0. The maximum Gasteiger partial charge on any atom is 0.280 e. The Morgan fingerprint density at radius 1 is 1.40 bits per heavy atom. The third-order valence-electron chi connectivity index (χ3n) is 2.55. The molecule has 1 aromatic heterocycles. The van der Waals surface area contributed by atoms with Gasteiger partial charge in [0.25, 0.3) is 6.43 Å². The van der Waals surface area contributed by atoms with Crippen LogP contribution in [0.2, 0.25) is 0 Å². The average molecular weight is 209 g/mol. The molecule has 1 aliphatic carbocycles. The summed E-state index contributed by atoms with van der Waals surface area (Å²) in [6, 6.07) is 1.69. The fourth-order valence-corrected chi connectivity index (χ4v) is 1.66. The summed E-state index contributed by atoms with van der Waals surface area (Å²) in [5.74, 6) is 0.613. The molecule has 0 unspecified atom stereocenters. The molecule has 0 spiro atoms. The lowest BCUT2D eigenvalue weighted by molar-refractivity contribution is 0.206. The van der Waals surface area contributed by atoms with E-state index >= 15 is 0 Å². The molecule has 0 bridgehead atoms. The second-order valence-electron chi connectivity index (χ2n) is 3.64. The molecule has 0 amide bonds. The number of hydrogen-bond acceptors (Lipinski definition) is 2. The Kier molecular flexibility index (Phi) is 1.68. The maximum absolute atomic E-state index is 12.8. The third-order valence-corrected chi connectivity index (χ3v) is 2.55. The number of aromatic nitrogens is 2. The summed E-state index contributed by atoms with van der Waals surface area (Å²) in [7, 11) is 0. The highest BCUT2D eigenvalue weighted by Gasteiger charge is 2.25. The molecular weight excluding hydrogens is 200 g/mol. The fourth-order valence-electron chi connectivity index (χ4n) is 1.66. The zero-order valence-corrected chi connectivity index (χ0v) is 7.87. The van der Waals surface area contributed by atoms with Crippen molar-refractivity contribution in [2.75, 3.05) is 5.32 Å². The van der Waals surface area contributed by atoms with Crippen LogP contribution < -0.4 is 5.32 Å². The third kappa shape index (κ3) is 1.35. The van der Waals surface area contributed by atoms with Gasteiger partial charge in [0.15, 0.2) is 0 Å². The molecule has 3 rings (SSSR count). The van der Waals surface area contributed by atoms with E-state index in [4.69, 9.17) is 0 Å². The molecule has 2 heterocycles. The van der Waals surface area contributed by atoms with Crippen molar-refractivity contribution >= 4 is 11.5 Å². The Morgan fingerprint density at radius 3 is 2.87 bits per heavy atom. The standard InChI is InChI=1S/C10H9F2N3/c11-10(12)8-5-7(6-1-2-6)14-9-3-4-13-15(8)9/h3-5,10,14H,1-2H2. The van der Waals surface area contributed by atoms with Crippen molar-refractivity contribution in [2.24, 2.45) is 0 Å². The minimum atomic E-state index is -2.50. The summed E-state index contributed by atoms with van der Waals surface area (Å²) in [6.45, 7) is 0. The molecule has 1 saturated carbocycles. The first-order chi connectivity index (χ1) is 7.25. The minimum Gasteiger partial charge on any atom is -0.340 e. The Balaban J connectivity index is 2.12. The van der Waals surface area contributed by atoms with Gasteiger partial charge in [-0.3, -0.25) is 0 Å². The van der Waals surface area contributed by atoms with Crippen molar-refractivity contribution in [3.05, 3.63) is 29.6 Å². The Morgan fingerprint density at radius 2 is 2.20 bits per heavy atom. The summed E-state index contributed by atoms with van der Waals surface area (Å²) < 4.78 is 26.8. The smallest absolute Gasteiger partial charge is 0.280 e. The maximum atomic E-state index is 12.8. The summed E-state index contributed by atoms with van der Waals surface area (Å²) in [5.41, 5.74) is 1.97. The van der Waals surface area contributed by atoms with Gasteiger partial charge in [0.2, 0.25) is 0 Å². The van der Waals surface area contributed by atoms with Gasteiger partial charge < -0.3 is 5.32 Å². The van der Waals surface area contributed by atoms with E-state index in [0.717, 1.165) is 18.5 Å². The molecule has 0 atom stereocenters. The molecule has 1 aromatic rings. The van der Waals surface area contributed by atoms with Gasteiger partial charge in [-0.05, 0) is 24.5 Å². The molecule has 3 nitrogen and oxygen atoms in total. The second-order valence-corrected chi connectivity index (χ2v) is 3.64. The number of allylic oxidation sites excluding steroid dienone is 3. The number of fused-ring (bicyclic) bond motifs is 1. The molecule has 1 aliphatic heterocycles. The predicted molar refractivity (Wildman–Crippen MR) is 52.4 cm³/mol. The average Bonchev–Trinajstić information content (AvgIpc) is 2.95. The van der Waals surface area contributed by atoms with E-state index in [1.165, 1.54) is 22.5 Å². The van der Waals surface area contributed by atoms with Crippen molar-refractivity contribution in [1.82, 2.24) is 9.78 Å². The molecule has 0 saturated heterocycles. The Hall–Kier alpha value is -1.65. The van der Waals surface area contributed by atoms with E-state index in [9.17, 15) is 8.78 Å². The summed E-state index contributed by atoms with van der Waals surface area (Å²) >= 11 is 0. The molecule has 1 N–H and O–H groups in total.